The van der Waals surface area contributed by atoms with Gasteiger partial charge in [0.15, 0.2) is 33.6 Å². The van der Waals surface area contributed by atoms with Crippen LogP contribution in [0.15, 0.2) is 124 Å². The van der Waals surface area contributed by atoms with Crippen molar-refractivity contribution < 1.29 is 66.7 Å². The summed E-state index contributed by atoms with van der Waals surface area (Å²) in [5, 5.41) is 10.1. The first-order valence-corrected chi connectivity index (χ1v) is 57.1. The Hall–Kier alpha value is -4.99. The van der Waals surface area contributed by atoms with E-state index in [1.165, 1.54) is 186 Å². The van der Waals surface area contributed by atoms with Gasteiger partial charge < -0.3 is 48.4 Å². The number of ether oxygens (including phenoxy) is 7. The van der Waals surface area contributed by atoms with Gasteiger partial charge in [-0.1, -0.05) is 83.4 Å². The number of imidazole rings is 1. The molecule has 7 saturated carbocycles. The zero-order valence-electron chi connectivity index (χ0n) is 80.4. The number of aromatic nitrogens is 2. The summed E-state index contributed by atoms with van der Waals surface area (Å²) in [6.45, 7) is 18.6. The first-order chi connectivity index (χ1) is 64.9. The molecule has 1 amide bonds. The van der Waals surface area contributed by atoms with Crippen molar-refractivity contribution in [3.8, 4) is 0 Å². The highest BCUT2D eigenvalue weighted by atomic mass is 35.5. The molecule has 19 fully saturated rings. The molecule has 27 rings (SSSR count). The standard InChI is InChI=1S/C20H30N2O4S.C19H21NO2S.C18H28N2O2S.C18H25NO2S.C16H19N3O2.C14H19NO2S.2ClH/c1-19(2,3)26-18(24)21-7-9-27-15-10-13-11-17(23)25-20(13)12-14(15)22-8-5-4-6-16(20)22;21-18-11-13-10-16(23-14-6-2-1-3-7-14)15-12-19(13,22-18)17-8-4-5-9-20(15)17;1-12(2)19-6-8-23-15-9-13-10-17(21)22-18(13)11-14(15)20-7-4-3-5-16(18)20;20-17-10-12-9-15(22-13-5-1-2-6-13)14-11-18(12,21-17)16-7-3-4-8-19(14)16;20-15-8-11-7-12(18-6-4-17-10-18)13-9-16(11,21-15)14-3-1-2-5-19(13)14;1-18-11-6-9-7-13(16)17-14(9)8-10(11)15-5-3-2-4-12(14)15;;/h11,14-16H,4-10,12H2,1-3H3,(H,21,24);1-3,6-7,11,15-17H,4-5,8-10,12H2;10,12,14-16,19H,3-9,11H2,1-2H3;10,13-16H,1-9,11H2;4,6,8,10,12-14H,1-3,5,7,9H2;7,10-12H,2-6,8H2,1H3;2*1H/t14-,15?,16+,20-;15-,16?,17+,19-;2*14-,15?,16+,18-;12?,13-,14+,16-;10-,11?,12+,14-;;/m000000../s1. The topological polar surface area (TPSA) is 245 Å². The number of alkyl carbamates (subject to hydrolysis) is 1. The molecule has 1 aromatic carbocycles. The van der Waals surface area contributed by atoms with E-state index < -0.39 is 5.60 Å². The van der Waals surface area contributed by atoms with Gasteiger partial charge in [0, 0.05) is 191 Å². The normalized spacial score (nSPS) is 39.9. The second-order valence-corrected chi connectivity index (χ2v) is 51.1. The quantitative estimate of drug-likeness (QED) is 0.0956. The number of thioether (sulfide) groups is 5. The molecule has 0 radical (unpaired) electrons. The lowest BCUT2D eigenvalue weighted by Crippen LogP contribution is -2.48. The number of benzene rings is 1. The van der Waals surface area contributed by atoms with Crippen LogP contribution in [0.25, 0.3) is 0 Å². The van der Waals surface area contributed by atoms with Gasteiger partial charge in [-0.2, -0.15) is 47.0 Å². The van der Waals surface area contributed by atoms with Crippen LogP contribution in [0.5, 0.6) is 0 Å². The Morgan fingerprint density at radius 2 is 0.757 bits per heavy atom. The smallest absolute Gasteiger partial charge is 0.407 e. The van der Waals surface area contributed by atoms with Crippen LogP contribution in [0.4, 0.5) is 4.79 Å². The zero-order chi connectivity index (χ0) is 91.8. The van der Waals surface area contributed by atoms with Gasteiger partial charge >= 0.3 is 41.9 Å². The molecule has 31 heteroatoms. The Labute approximate surface area is 837 Å². The van der Waals surface area contributed by atoms with Gasteiger partial charge in [0.25, 0.3) is 0 Å². The van der Waals surface area contributed by atoms with E-state index in [-0.39, 0.29) is 100 Å². The maximum absolute atomic E-state index is 12.0. The van der Waals surface area contributed by atoms with Gasteiger partial charge in [0.2, 0.25) is 0 Å². The van der Waals surface area contributed by atoms with Crippen LogP contribution in [-0.2, 0) is 61.9 Å². The summed E-state index contributed by atoms with van der Waals surface area (Å²) < 4.78 is 42.9. The fourth-order valence-electron chi connectivity index (χ4n) is 30.8. The summed E-state index contributed by atoms with van der Waals surface area (Å²) in [6, 6.07) is 17.5. The van der Waals surface area contributed by atoms with Crippen molar-refractivity contribution in [2.24, 2.45) is 0 Å². The summed E-state index contributed by atoms with van der Waals surface area (Å²) in [4.78, 5) is 105. The second-order valence-electron chi connectivity index (χ2n) is 44.5. The van der Waals surface area contributed by atoms with Gasteiger partial charge in [0.05, 0.1) is 48.6 Å². The number of esters is 6. The average Bonchev–Trinajstić information content (AvgIpc) is 1.57. The van der Waals surface area contributed by atoms with Crippen LogP contribution >= 0.6 is 83.6 Å². The van der Waals surface area contributed by atoms with Gasteiger partial charge in [0.1, 0.15) is 5.60 Å². The maximum atomic E-state index is 12.0. The monoisotopic (exact) mass is 2000 g/mol. The molecular weight excluding hydrogens is 1860 g/mol. The van der Waals surface area contributed by atoms with Crippen molar-refractivity contribution in [1.29, 1.82) is 0 Å². The summed E-state index contributed by atoms with van der Waals surface area (Å²) >= 11 is 10.2. The van der Waals surface area contributed by atoms with E-state index in [1.807, 2.05) is 86.9 Å². The lowest BCUT2D eigenvalue weighted by molar-refractivity contribution is -0.149. The third-order valence-corrected chi connectivity index (χ3v) is 42.8. The van der Waals surface area contributed by atoms with E-state index in [9.17, 15) is 33.6 Å². The van der Waals surface area contributed by atoms with Gasteiger partial charge in [-0.25, -0.2) is 38.5 Å². The number of hydrogen-bond donors (Lipinski definition) is 2. The third-order valence-electron chi connectivity index (χ3n) is 36.0. The molecule has 25 aliphatic rings. The molecule has 2 N–H and O–H groups in total. The molecule has 24 nitrogen and oxygen atoms in total. The molecule has 2 aromatic rings. The molecule has 6 spiro atoms. The maximum Gasteiger partial charge on any atom is 0.407 e. The number of nitrogens with one attached hydrogen (secondary N) is 2. The number of hydrogen-bond acceptors (Lipinski definition) is 27. The first kappa shape index (κ1) is 98.4. The molecular formula is C105H144Cl2N10O14S5. The second kappa shape index (κ2) is 39.9. The Bertz CT molecular complexity index is 5020. The van der Waals surface area contributed by atoms with E-state index >= 15 is 0 Å². The molecule has 6 unspecified atom stereocenters. The number of halogens is 2. The Kier molecular flexibility index (Phi) is 28.8. The third kappa shape index (κ3) is 17.9. The van der Waals surface area contributed by atoms with E-state index in [0.29, 0.717) is 117 Å². The fraction of sp³-hybridized carbons (Fsp3) is 0.733. The van der Waals surface area contributed by atoms with Crippen LogP contribution in [-0.4, -0.2) is 300 Å². The molecule has 12 bridgehead atoms. The van der Waals surface area contributed by atoms with Crippen LogP contribution in [0.3, 0.4) is 0 Å². The number of rotatable bonds is 15. The van der Waals surface area contributed by atoms with Crippen LogP contribution in [0.1, 0.15) is 259 Å². The molecule has 18 aliphatic heterocycles. The minimum absolute atomic E-state index is 0. The molecule has 24 atom stereocenters. The number of carbonyl (C=O) groups is 7. The molecule has 7 aliphatic carbocycles. The van der Waals surface area contributed by atoms with Gasteiger partial charge in [-0.3, -0.25) is 29.4 Å². The zero-order valence-corrected chi connectivity index (χ0v) is 86.1. The Morgan fingerprint density at radius 3 is 1.13 bits per heavy atom. The van der Waals surface area contributed by atoms with Crippen LogP contribution in [0, 0.1) is 0 Å². The van der Waals surface area contributed by atoms with Crippen LogP contribution in [0.2, 0.25) is 0 Å². The van der Waals surface area contributed by atoms with E-state index in [2.05, 4.69) is 124 Å². The van der Waals surface area contributed by atoms with Crippen molar-refractivity contribution in [2.75, 3.05) is 70.1 Å². The lowest BCUT2D eigenvalue weighted by Gasteiger charge is -2.38. The number of piperidine rings is 6. The van der Waals surface area contributed by atoms with E-state index in [0.717, 1.165) is 133 Å². The average molecular weight is 2000 g/mol. The summed E-state index contributed by atoms with van der Waals surface area (Å²) in [6.07, 6.45) is 58.3. The lowest BCUT2D eigenvalue weighted by atomic mass is 9.75. The van der Waals surface area contributed by atoms with Gasteiger partial charge in [-0.15, -0.1) is 36.6 Å². The molecule has 1 aromatic heterocycles. The summed E-state index contributed by atoms with van der Waals surface area (Å²) in [7, 11) is 0. The number of fused-ring (bicyclic) bond motifs is 18. The Balaban J connectivity index is 0.000000101. The molecule has 742 valence electrons. The number of carbonyl (C=O) groups excluding carboxylic acids is 7. The molecule has 19 heterocycles. The Morgan fingerprint density at radius 1 is 0.426 bits per heavy atom. The number of amides is 1. The van der Waals surface area contributed by atoms with E-state index in [4.69, 9.17) is 33.2 Å². The summed E-state index contributed by atoms with van der Waals surface area (Å²) in [5.41, 5.74) is 5.49. The predicted molar refractivity (Wildman–Crippen MR) is 538 cm³/mol. The first-order valence-electron chi connectivity index (χ1n) is 51.9. The highest BCUT2D eigenvalue weighted by molar-refractivity contribution is 8.01. The fourth-order valence-corrected chi connectivity index (χ4v) is 37.5. The predicted octanol–water partition coefficient (Wildman–Crippen LogP) is 16.4. The largest absolute Gasteiger partial charge is 0.450 e. The van der Waals surface area contributed by atoms with Crippen molar-refractivity contribution in [3.05, 3.63) is 119 Å². The van der Waals surface area contributed by atoms with Crippen molar-refractivity contribution >= 4 is 126 Å². The highest BCUT2D eigenvalue weighted by Gasteiger charge is 2.71. The highest BCUT2D eigenvalue weighted by Crippen LogP contribution is 2.64. The minimum atomic E-state index is -0.474. The molecule has 136 heavy (non-hydrogen) atoms. The van der Waals surface area contributed by atoms with Gasteiger partial charge in [-0.05, 0) is 240 Å². The minimum Gasteiger partial charge on any atom is -0.450 e. The SMILES string of the molecule is CC(C)(C)OC(=O)NCCSC1CC2=CC(=O)O[C@@]23C[C@@H]1N1CCCC[C@@H]13.CC(C)NCCSC1CC2=CC(=O)O[C@@]23C[C@@H]1N1CCCC[C@@H]13.CSC1CC2=CC(=O)O[C@@]23C[C@@H]1N1CCCC[C@@H]13.Cl.Cl.O=C1C=C2CC(SC3CCCC3)[C@@H]3C[C@@]2(O1)[C@H]1CCCCN31.O=C1C=C2CC(Sc3ccccc3)[C@@H]3C[C@@]2(O1)[C@H]1CCCCN31.O=C1C=C2CC(n3ccnc3)[C@@H]3C[C@@]2(O1)[C@H]1CCCCN31. The van der Waals surface area contributed by atoms with Crippen LogP contribution < -0.4 is 10.6 Å². The van der Waals surface area contributed by atoms with Crippen molar-refractivity contribution in [1.82, 2.24) is 49.6 Å². The number of nitrogens with zero attached hydrogens (tertiary/aromatic N) is 8. The molecule has 12 saturated heterocycles. The van der Waals surface area contributed by atoms with Crippen molar-refractivity contribution in [3.63, 3.8) is 0 Å². The summed E-state index contributed by atoms with van der Waals surface area (Å²) in [5.74, 6) is 1.30. The van der Waals surface area contributed by atoms with Crippen molar-refractivity contribution in [2.45, 2.75) is 413 Å². The van der Waals surface area contributed by atoms with E-state index in [1.54, 1.807) is 24.3 Å².